The Morgan fingerprint density at radius 2 is 2.12 bits per heavy atom. The first-order valence-corrected chi connectivity index (χ1v) is 6.40. The lowest BCUT2D eigenvalue weighted by molar-refractivity contribution is -0.0349. The third-order valence-electron chi connectivity index (χ3n) is 3.86. The van der Waals surface area contributed by atoms with Gasteiger partial charge < -0.3 is 15.2 Å². The summed E-state index contributed by atoms with van der Waals surface area (Å²) >= 11 is 0. The number of hydrogen-bond acceptors (Lipinski definition) is 3. The van der Waals surface area contributed by atoms with Crippen molar-refractivity contribution in [2.24, 2.45) is 11.7 Å². The van der Waals surface area contributed by atoms with Gasteiger partial charge in [-0.15, -0.1) is 0 Å². The molecule has 0 amide bonds. The normalized spacial score (nSPS) is 30.5. The molecule has 2 N–H and O–H groups in total. The summed E-state index contributed by atoms with van der Waals surface area (Å²) in [5, 5.41) is 0. The van der Waals surface area contributed by atoms with E-state index in [2.05, 4.69) is 12.1 Å². The second-order valence-electron chi connectivity index (χ2n) is 5.07. The first-order valence-electron chi connectivity index (χ1n) is 6.40. The van der Waals surface area contributed by atoms with E-state index in [4.69, 9.17) is 15.2 Å². The van der Waals surface area contributed by atoms with Gasteiger partial charge in [-0.2, -0.15) is 0 Å². The van der Waals surface area contributed by atoms with Crippen molar-refractivity contribution in [1.29, 1.82) is 0 Å². The smallest absolute Gasteiger partial charge is 0.123 e. The van der Waals surface area contributed by atoms with Crippen molar-refractivity contribution in [2.75, 3.05) is 19.8 Å². The highest BCUT2D eigenvalue weighted by Gasteiger charge is 2.31. The van der Waals surface area contributed by atoms with Crippen LogP contribution in [0.15, 0.2) is 24.3 Å². The van der Waals surface area contributed by atoms with Gasteiger partial charge in [0.25, 0.3) is 0 Å². The van der Waals surface area contributed by atoms with E-state index in [1.54, 1.807) is 0 Å². The van der Waals surface area contributed by atoms with E-state index in [0.29, 0.717) is 17.9 Å². The van der Waals surface area contributed by atoms with Crippen LogP contribution < -0.4 is 10.5 Å². The van der Waals surface area contributed by atoms with Gasteiger partial charge in [0.15, 0.2) is 0 Å². The minimum atomic E-state index is 0.406. The summed E-state index contributed by atoms with van der Waals surface area (Å²) in [6.45, 7) is 2.33. The summed E-state index contributed by atoms with van der Waals surface area (Å²) in [6.07, 6.45) is 2.69. The molecule has 0 radical (unpaired) electrons. The molecule has 0 aromatic heterocycles. The van der Waals surface area contributed by atoms with Gasteiger partial charge in [-0.1, -0.05) is 18.2 Å². The van der Waals surface area contributed by atoms with Crippen molar-refractivity contribution in [1.82, 2.24) is 0 Å². The number of ether oxygens (including phenoxy) is 2. The molecule has 1 aromatic carbocycles. The van der Waals surface area contributed by atoms with Crippen molar-refractivity contribution in [2.45, 2.75) is 24.9 Å². The second-order valence-corrected chi connectivity index (χ2v) is 5.07. The molecule has 2 aliphatic rings. The van der Waals surface area contributed by atoms with Crippen molar-refractivity contribution in [3.05, 3.63) is 29.8 Å². The molecule has 17 heavy (non-hydrogen) atoms. The number of fused-ring (bicyclic) bond motifs is 1. The van der Waals surface area contributed by atoms with Gasteiger partial charge in [0.2, 0.25) is 0 Å². The largest absolute Gasteiger partial charge is 0.493 e. The molecule has 1 aromatic rings. The maximum absolute atomic E-state index is 5.92. The zero-order valence-corrected chi connectivity index (χ0v) is 9.97. The Labute approximate surface area is 102 Å². The molecule has 3 nitrogen and oxygen atoms in total. The van der Waals surface area contributed by atoms with Crippen LogP contribution in [-0.2, 0) is 4.74 Å². The summed E-state index contributed by atoms with van der Waals surface area (Å²) in [4.78, 5) is 0. The predicted octanol–water partition coefficient (Wildman–Crippen LogP) is 1.92. The van der Waals surface area contributed by atoms with Crippen LogP contribution in [0.4, 0.5) is 0 Å². The van der Waals surface area contributed by atoms with Gasteiger partial charge in [-0.05, 0) is 31.4 Å². The molecule has 1 atom stereocenters. The van der Waals surface area contributed by atoms with Gasteiger partial charge in [-0.25, -0.2) is 0 Å². The third kappa shape index (κ3) is 2.17. The van der Waals surface area contributed by atoms with Crippen LogP contribution in [0, 0.1) is 5.92 Å². The average molecular weight is 233 g/mol. The minimum Gasteiger partial charge on any atom is -0.493 e. The van der Waals surface area contributed by atoms with E-state index in [0.717, 1.165) is 38.3 Å². The molecular weight excluding hydrogens is 214 g/mol. The Morgan fingerprint density at radius 3 is 2.94 bits per heavy atom. The van der Waals surface area contributed by atoms with Gasteiger partial charge in [-0.3, -0.25) is 0 Å². The van der Waals surface area contributed by atoms with Crippen LogP contribution in [-0.4, -0.2) is 25.9 Å². The van der Waals surface area contributed by atoms with Crippen LogP contribution in [0.25, 0.3) is 0 Å². The van der Waals surface area contributed by atoms with Crippen LogP contribution in [0.5, 0.6) is 5.75 Å². The number of para-hydroxylation sites is 1. The molecule has 0 bridgehead atoms. The maximum atomic E-state index is 5.92. The molecule has 3 heteroatoms. The molecular formula is C14H19NO2. The monoisotopic (exact) mass is 233 g/mol. The SMILES string of the molecule is NCC1CC(OCC2COc3ccccc32)C1. The van der Waals surface area contributed by atoms with Crippen molar-refractivity contribution < 1.29 is 9.47 Å². The lowest BCUT2D eigenvalue weighted by Crippen LogP contribution is -2.36. The lowest BCUT2D eigenvalue weighted by atomic mass is 9.82. The summed E-state index contributed by atoms with van der Waals surface area (Å²) < 4.78 is 11.6. The Hall–Kier alpha value is -1.06. The van der Waals surface area contributed by atoms with E-state index < -0.39 is 0 Å². The van der Waals surface area contributed by atoms with Crippen molar-refractivity contribution >= 4 is 0 Å². The fraction of sp³-hybridized carbons (Fsp3) is 0.571. The summed E-state index contributed by atoms with van der Waals surface area (Å²) in [7, 11) is 0. The van der Waals surface area contributed by atoms with Crippen molar-refractivity contribution in [3.63, 3.8) is 0 Å². The molecule has 1 unspecified atom stereocenters. The number of rotatable bonds is 4. The van der Waals surface area contributed by atoms with Crippen LogP contribution in [0.2, 0.25) is 0 Å². The number of hydrogen-bond donors (Lipinski definition) is 1. The first-order chi connectivity index (χ1) is 8.36. The van der Waals surface area contributed by atoms with Crippen molar-refractivity contribution in [3.8, 4) is 5.75 Å². The Balaban J connectivity index is 1.51. The topological polar surface area (TPSA) is 44.5 Å². The fourth-order valence-electron chi connectivity index (χ4n) is 2.62. The highest BCUT2D eigenvalue weighted by molar-refractivity contribution is 5.39. The minimum absolute atomic E-state index is 0.406. The zero-order valence-electron chi connectivity index (χ0n) is 9.97. The van der Waals surface area contributed by atoms with E-state index in [-0.39, 0.29) is 0 Å². The maximum Gasteiger partial charge on any atom is 0.123 e. The van der Waals surface area contributed by atoms with Crippen LogP contribution in [0.3, 0.4) is 0 Å². The quantitative estimate of drug-likeness (QED) is 0.864. The Kier molecular flexibility index (Phi) is 3.04. The van der Waals surface area contributed by atoms with Gasteiger partial charge >= 0.3 is 0 Å². The molecule has 1 saturated carbocycles. The standard InChI is InChI=1S/C14H19NO2/c15-7-10-5-12(6-10)16-8-11-9-17-14-4-2-1-3-13(11)14/h1-4,10-12H,5-9,15H2. The first kappa shape index (κ1) is 11.1. The molecule has 0 spiro atoms. The fourth-order valence-corrected chi connectivity index (χ4v) is 2.62. The van der Waals surface area contributed by atoms with E-state index in [1.165, 1.54) is 5.56 Å². The Morgan fingerprint density at radius 1 is 1.29 bits per heavy atom. The third-order valence-corrected chi connectivity index (χ3v) is 3.86. The molecule has 3 rings (SSSR count). The highest BCUT2D eigenvalue weighted by atomic mass is 16.5. The van der Waals surface area contributed by atoms with Gasteiger partial charge in [0.1, 0.15) is 5.75 Å². The van der Waals surface area contributed by atoms with E-state index >= 15 is 0 Å². The predicted molar refractivity (Wildman–Crippen MR) is 66.2 cm³/mol. The van der Waals surface area contributed by atoms with Gasteiger partial charge in [0, 0.05) is 11.5 Å². The number of nitrogens with two attached hydrogens (primary N) is 1. The number of benzene rings is 1. The van der Waals surface area contributed by atoms with E-state index in [9.17, 15) is 0 Å². The second kappa shape index (κ2) is 4.67. The zero-order chi connectivity index (χ0) is 11.7. The van der Waals surface area contributed by atoms with E-state index in [1.807, 2.05) is 12.1 Å². The highest BCUT2D eigenvalue weighted by Crippen LogP contribution is 2.35. The van der Waals surface area contributed by atoms with Crippen LogP contribution in [0.1, 0.15) is 24.3 Å². The molecule has 1 aliphatic carbocycles. The molecule has 1 fully saturated rings. The van der Waals surface area contributed by atoms with Crippen LogP contribution >= 0.6 is 0 Å². The van der Waals surface area contributed by atoms with Gasteiger partial charge in [0.05, 0.1) is 19.3 Å². The average Bonchev–Trinajstić information content (AvgIpc) is 2.71. The summed E-state index contributed by atoms with van der Waals surface area (Å²) in [5.74, 6) is 2.12. The summed E-state index contributed by atoms with van der Waals surface area (Å²) in [5.41, 5.74) is 6.90. The summed E-state index contributed by atoms with van der Waals surface area (Å²) in [6, 6.07) is 8.25. The Bertz CT molecular complexity index is 388. The lowest BCUT2D eigenvalue weighted by Gasteiger charge is -2.34. The molecule has 1 aliphatic heterocycles. The molecule has 1 heterocycles. The molecule has 92 valence electrons. The molecule has 0 saturated heterocycles.